The molecule has 0 saturated heterocycles. The minimum atomic E-state index is -2.16. The van der Waals surface area contributed by atoms with Crippen LogP contribution in [0.4, 0.5) is 5.69 Å². The zero-order chi connectivity index (χ0) is 14.2. The van der Waals surface area contributed by atoms with Crippen LogP contribution in [0.25, 0.3) is 0 Å². The Balaban J connectivity index is 0.000000331. The van der Waals surface area contributed by atoms with Crippen LogP contribution in [0.3, 0.4) is 0 Å². The van der Waals surface area contributed by atoms with Crippen molar-refractivity contribution >= 4 is 13.1 Å². The molecule has 0 bridgehead atoms. The number of nitrogens with zero attached hydrogens (tertiary/aromatic N) is 1. The monoisotopic (exact) mass is 273 g/mol. The molecule has 102 valence electrons. The summed E-state index contributed by atoms with van der Waals surface area (Å²) in [5, 5.41) is 10.2. The molecule has 0 aliphatic heterocycles. The minimum absolute atomic E-state index is 0.153. The first-order chi connectivity index (χ1) is 8.38. The van der Waals surface area contributed by atoms with Gasteiger partial charge < -0.3 is 4.52 Å². The lowest BCUT2D eigenvalue weighted by Crippen LogP contribution is -1.89. The maximum Gasteiger partial charge on any atom is 0.269 e. The molecule has 0 N–H and O–H groups in total. The van der Waals surface area contributed by atoms with E-state index in [4.69, 9.17) is 4.52 Å². The predicted molar refractivity (Wildman–Crippen MR) is 73.5 cm³/mol. The molecule has 0 aliphatic carbocycles. The van der Waals surface area contributed by atoms with E-state index in [1.165, 1.54) is 13.2 Å². The van der Waals surface area contributed by atoms with Gasteiger partial charge in [0.1, 0.15) is 0 Å². The molecule has 0 unspecified atom stereocenters. The number of hydrogen-bond donors (Lipinski definition) is 0. The molecular weight excluding hydrogens is 253 g/mol. The highest BCUT2D eigenvalue weighted by atomic mass is 31.2. The van der Waals surface area contributed by atoms with E-state index in [2.05, 4.69) is 0 Å². The summed E-state index contributed by atoms with van der Waals surface area (Å²) in [4.78, 5) is 9.76. The average Bonchev–Trinajstić information content (AvgIpc) is 2.38. The summed E-state index contributed by atoms with van der Waals surface area (Å²) in [5.41, 5.74) is 1.06. The van der Waals surface area contributed by atoms with E-state index in [0.29, 0.717) is 12.3 Å². The van der Waals surface area contributed by atoms with E-state index in [9.17, 15) is 14.7 Å². The minimum Gasteiger partial charge on any atom is -0.332 e. The Morgan fingerprint density at radius 3 is 2.11 bits per heavy atom. The Morgan fingerprint density at radius 1 is 1.33 bits per heavy atom. The van der Waals surface area contributed by atoms with Gasteiger partial charge in [0.15, 0.2) is 0 Å². The second-order valence-electron chi connectivity index (χ2n) is 3.73. The third kappa shape index (κ3) is 5.94. The maximum absolute atomic E-state index is 11.1. The average molecular weight is 273 g/mol. The number of aryl methyl sites for hydroxylation is 1. The van der Waals surface area contributed by atoms with Crippen molar-refractivity contribution in [2.24, 2.45) is 0 Å². The lowest BCUT2D eigenvalue weighted by molar-refractivity contribution is -0.384. The summed E-state index contributed by atoms with van der Waals surface area (Å²) in [5.74, 6) is 0. The smallest absolute Gasteiger partial charge is 0.269 e. The van der Waals surface area contributed by atoms with Crippen LogP contribution in [0.1, 0.15) is 19.4 Å². The van der Waals surface area contributed by atoms with Gasteiger partial charge in [-0.15, -0.1) is 0 Å². The zero-order valence-electron chi connectivity index (χ0n) is 11.3. The van der Waals surface area contributed by atoms with Crippen molar-refractivity contribution in [3.05, 3.63) is 39.9 Å². The van der Waals surface area contributed by atoms with Gasteiger partial charge in [0.2, 0.25) is 7.37 Å². The quantitative estimate of drug-likeness (QED) is 0.474. The van der Waals surface area contributed by atoms with Crippen molar-refractivity contribution in [2.45, 2.75) is 20.8 Å². The second-order valence-corrected chi connectivity index (χ2v) is 6.98. The van der Waals surface area contributed by atoms with Crippen LogP contribution < -0.4 is 0 Å². The first-order valence-electron chi connectivity index (χ1n) is 5.73. The molecule has 0 fully saturated rings. The topological polar surface area (TPSA) is 69.4 Å². The SMILES string of the molecule is CCP(=O)(CC)OC.Cc1cccc([N+](=O)[O-])c1. The van der Waals surface area contributed by atoms with Crippen molar-refractivity contribution in [3.63, 3.8) is 0 Å². The fourth-order valence-corrected chi connectivity index (χ4v) is 2.19. The van der Waals surface area contributed by atoms with E-state index in [1.54, 1.807) is 12.1 Å². The zero-order valence-corrected chi connectivity index (χ0v) is 12.1. The Morgan fingerprint density at radius 2 is 1.89 bits per heavy atom. The summed E-state index contributed by atoms with van der Waals surface area (Å²) in [7, 11) is -0.654. The van der Waals surface area contributed by atoms with Gasteiger partial charge in [0.25, 0.3) is 5.69 Å². The van der Waals surface area contributed by atoms with Gasteiger partial charge >= 0.3 is 0 Å². The molecule has 5 nitrogen and oxygen atoms in total. The molecule has 6 heteroatoms. The Kier molecular flexibility index (Phi) is 7.48. The summed E-state index contributed by atoms with van der Waals surface area (Å²) in [6.45, 7) is 5.59. The van der Waals surface area contributed by atoms with Crippen LogP contribution in [-0.4, -0.2) is 24.4 Å². The molecule has 0 amide bonds. The number of non-ortho nitro benzene ring substituents is 1. The summed E-state index contributed by atoms with van der Waals surface area (Å²) >= 11 is 0. The number of nitro groups is 1. The molecule has 0 heterocycles. The van der Waals surface area contributed by atoms with Gasteiger partial charge in [-0.3, -0.25) is 14.7 Å². The standard InChI is InChI=1S/C7H7NO2.C5H13O2P/c1-6-3-2-4-7(5-6)8(9)10;1-4-8(6,5-2)7-3/h2-5H,1H3;4-5H2,1-3H3. The van der Waals surface area contributed by atoms with Gasteiger partial charge in [-0.25, -0.2) is 0 Å². The van der Waals surface area contributed by atoms with Gasteiger partial charge in [-0.1, -0.05) is 26.0 Å². The van der Waals surface area contributed by atoms with Crippen LogP contribution in [0, 0.1) is 17.0 Å². The molecule has 1 aromatic carbocycles. The maximum atomic E-state index is 11.1. The van der Waals surface area contributed by atoms with Crippen LogP contribution in [0.2, 0.25) is 0 Å². The summed E-state index contributed by atoms with van der Waals surface area (Å²) in [6, 6.07) is 6.52. The van der Waals surface area contributed by atoms with Gasteiger partial charge in [-0.05, 0) is 12.5 Å². The third-order valence-corrected chi connectivity index (χ3v) is 5.10. The number of nitro benzene ring substituents is 1. The highest BCUT2D eigenvalue weighted by Gasteiger charge is 2.13. The van der Waals surface area contributed by atoms with Crippen molar-refractivity contribution in [3.8, 4) is 0 Å². The highest BCUT2D eigenvalue weighted by Crippen LogP contribution is 2.44. The molecule has 0 saturated carbocycles. The van der Waals surface area contributed by atoms with Crippen molar-refractivity contribution in [2.75, 3.05) is 19.4 Å². The molecule has 0 radical (unpaired) electrons. The largest absolute Gasteiger partial charge is 0.332 e. The van der Waals surface area contributed by atoms with Crippen molar-refractivity contribution < 1.29 is 14.0 Å². The summed E-state index contributed by atoms with van der Waals surface area (Å²) < 4.78 is 15.9. The molecule has 1 rings (SSSR count). The summed E-state index contributed by atoms with van der Waals surface area (Å²) in [6.07, 6.45) is 1.31. The number of hydrogen-bond acceptors (Lipinski definition) is 4. The number of rotatable bonds is 4. The third-order valence-electron chi connectivity index (χ3n) is 2.51. The molecule has 0 atom stereocenters. The Bertz CT molecular complexity index is 415. The van der Waals surface area contributed by atoms with Crippen molar-refractivity contribution in [1.82, 2.24) is 0 Å². The van der Waals surface area contributed by atoms with E-state index in [1.807, 2.05) is 26.8 Å². The second kappa shape index (κ2) is 8.01. The van der Waals surface area contributed by atoms with E-state index < -0.39 is 12.3 Å². The Hall–Kier alpha value is -1.19. The molecule has 0 aliphatic rings. The molecule has 1 aromatic rings. The fraction of sp³-hybridized carbons (Fsp3) is 0.500. The van der Waals surface area contributed by atoms with Gasteiger partial charge in [0, 0.05) is 31.6 Å². The normalized spacial score (nSPS) is 10.4. The van der Waals surface area contributed by atoms with Crippen molar-refractivity contribution in [1.29, 1.82) is 0 Å². The first-order valence-corrected chi connectivity index (χ1v) is 7.73. The lowest BCUT2D eigenvalue weighted by atomic mass is 10.2. The molecular formula is C12H20NO4P. The van der Waals surface area contributed by atoms with Crippen LogP contribution >= 0.6 is 7.37 Å². The van der Waals surface area contributed by atoms with Crippen LogP contribution in [0.5, 0.6) is 0 Å². The Labute approximate surface area is 108 Å². The highest BCUT2D eigenvalue weighted by molar-refractivity contribution is 7.58. The van der Waals surface area contributed by atoms with Crippen LogP contribution in [0.15, 0.2) is 24.3 Å². The fourth-order valence-electron chi connectivity index (χ4n) is 1.22. The molecule has 18 heavy (non-hydrogen) atoms. The lowest BCUT2D eigenvalue weighted by Gasteiger charge is -2.09. The predicted octanol–water partition coefficient (Wildman–Crippen LogP) is 3.85. The first kappa shape index (κ1) is 16.8. The van der Waals surface area contributed by atoms with E-state index >= 15 is 0 Å². The molecule has 0 spiro atoms. The van der Waals surface area contributed by atoms with Crippen LogP contribution in [-0.2, 0) is 9.09 Å². The molecule has 0 aromatic heterocycles. The van der Waals surface area contributed by atoms with E-state index in [-0.39, 0.29) is 5.69 Å². The van der Waals surface area contributed by atoms with Gasteiger partial charge in [0.05, 0.1) is 4.92 Å². The number of benzene rings is 1. The van der Waals surface area contributed by atoms with E-state index in [0.717, 1.165) is 5.56 Å². The van der Waals surface area contributed by atoms with Gasteiger partial charge in [-0.2, -0.15) is 0 Å².